The number of ether oxygens (including phenoxy) is 1. The van der Waals surface area contributed by atoms with Crippen molar-refractivity contribution < 1.29 is 24.2 Å². The van der Waals surface area contributed by atoms with E-state index in [0.717, 1.165) is 18.4 Å². The molecule has 0 aliphatic carbocycles. The molecule has 3 fully saturated rings. The molecule has 5 atom stereocenters. The minimum atomic E-state index is -0.673. The number of unbranched alkanes of at least 4 members (excludes halogenated alkanes) is 2. The summed E-state index contributed by atoms with van der Waals surface area (Å²) in [6.45, 7) is 10.9. The van der Waals surface area contributed by atoms with Crippen molar-refractivity contribution in [3.63, 3.8) is 0 Å². The van der Waals surface area contributed by atoms with Crippen molar-refractivity contribution in [3.8, 4) is 0 Å². The van der Waals surface area contributed by atoms with Gasteiger partial charge in [-0.15, -0.1) is 18.3 Å². The number of carbonyl (C=O) groups is 3. The quantitative estimate of drug-likeness (QED) is 0.240. The SMILES string of the molecule is C=CCOC(=O)[C@@H]1[C@H]2C(=O)N(CCCCCO)C(C(=O)N(CC=C)Cc3ccccc3)C23CC[C@@]1(C)S3. The Morgan fingerprint density at radius 2 is 1.95 bits per heavy atom. The monoisotopic (exact) mass is 526 g/mol. The van der Waals surface area contributed by atoms with Crippen LogP contribution in [0.2, 0.25) is 0 Å². The van der Waals surface area contributed by atoms with E-state index in [9.17, 15) is 19.5 Å². The van der Waals surface area contributed by atoms with Crippen LogP contribution >= 0.6 is 11.8 Å². The summed E-state index contributed by atoms with van der Waals surface area (Å²) in [6.07, 6.45) is 6.79. The number of benzene rings is 1. The number of fused-ring (bicyclic) bond motifs is 1. The van der Waals surface area contributed by atoms with Gasteiger partial charge in [0.05, 0.1) is 16.6 Å². The van der Waals surface area contributed by atoms with Gasteiger partial charge in [-0.05, 0) is 44.6 Å². The van der Waals surface area contributed by atoms with E-state index in [4.69, 9.17) is 4.74 Å². The van der Waals surface area contributed by atoms with Crippen LogP contribution in [0.4, 0.5) is 0 Å². The Labute approximate surface area is 223 Å². The predicted octanol–water partition coefficient (Wildman–Crippen LogP) is 3.57. The Hall–Kier alpha value is -2.58. The van der Waals surface area contributed by atoms with E-state index in [1.165, 1.54) is 6.08 Å². The zero-order valence-electron chi connectivity index (χ0n) is 21.6. The first-order valence-electron chi connectivity index (χ1n) is 13.2. The lowest BCUT2D eigenvalue weighted by Crippen LogP contribution is -2.54. The zero-order chi connectivity index (χ0) is 26.6. The minimum Gasteiger partial charge on any atom is -0.461 e. The van der Waals surface area contributed by atoms with Crippen LogP contribution in [0.15, 0.2) is 55.6 Å². The van der Waals surface area contributed by atoms with Crippen LogP contribution in [-0.4, -0.2) is 74.5 Å². The normalized spacial score (nSPS) is 29.7. The van der Waals surface area contributed by atoms with Gasteiger partial charge < -0.3 is 19.6 Å². The fourth-order valence-corrected chi connectivity index (χ4v) is 8.81. The molecule has 3 heterocycles. The molecule has 37 heavy (non-hydrogen) atoms. The lowest BCUT2D eigenvalue weighted by Gasteiger charge is -2.37. The molecular formula is C29H38N2O5S. The number of aliphatic hydroxyl groups excluding tert-OH is 1. The van der Waals surface area contributed by atoms with Crippen LogP contribution in [0.5, 0.6) is 0 Å². The van der Waals surface area contributed by atoms with Crippen molar-refractivity contribution in [2.45, 2.75) is 61.1 Å². The molecule has 4 rings (SSSR count). The average molecular weight is 527 g/mol. The molecule has 3 saturated heterocycles. The van der Waals surface area contributed by atoms with E-state index >= 15 is 0 Å². The number of carbonyl (C=O) groups excluding carboxylic acids is 3. The zero-order valence-corrected chi connectivity index (χ0v) is 22.5. The predicted molar refractivity (Wildman–Crippen MR) is 145 cm³/mol. The highest BCUT2D eigenvalue weighted by Crippen LogP contribution is 2.71. The van der Waals surface area contributed by atoms with E-state index in [0.29, 0.717) is 38.9 Å². The van der Waals surface area contributed by atoms with Crippen molar-refractivity contribution in [1.82, 2.24) is 9.80 Å². The van der Waals surface area contributed by atoms with Crippen LogP contribution in [0.1, 0.15) is 44.6 Å². The molecule has 2 amide bonds. The summed E-state index contributed by atoms with van der Waals surface area (Å²) in [5.41, 5.74) is 1.01. The second-order valence-corrected chi connectivity index (χ2v) is 12.4. The van der Waals surface area contributed by atoms with Gasteiger partial charge in [-0.2, -0.15) is 0 Å². The second kappa shape index (κ2) is 11.4. The number of rotatable bonds is 13. The molecule has 1 spiro atoms. The first-order chi connectivity index (χ1) is 17.8. The molecule has 2 unspecified atom stereocenters. The average Bonchev–Trinajstić information content (AvgIpc) is 3.46. The highest BCUT2D eigenvalue weighted by Gasteiger charge is 2.77. The number of aliphatic hydroxyl groups is 1. The van der Waals surface area contributed by atoms with Gasteiger partial charge in [0.25, 0.3) is 0 Å². The number of amides is 2. The maximum atomic E-state index is 14.4. The Balaban J connectivity index is 1.70. The van der Waals surface area contributed by atoms with Gasteiger partial charge in [0.1, 0.15) is 12.6 Å². The molecule has 8 heteroatoms. The molecular weight excluding hydrogens is 488 g/mol. The lowest BCUT2D eigenvalue weighted by atomic mass is 9.66. The third-order valence-corrected chi connectivity index (χ3v) is 10.0. The maximum absolute atomic E-state index is 14.4. The van der Waals surface area contributed by atoms with Gasteiger partial charge in [0.2, 0.25) is 11.8 Å². The van der Waals surface area contributed by atoms with Crippen molar-refractivity contribution in [2.24, 2.45) is 11.8 Å². The van der Waals surface area contributed by atoms with Crippen LogP contribution in [0, 0.1) is 11.8 Å². The van der Waals surface area contributed by atoms with Crippen LogP contribution < -0.4 is 0 Å². The van der Waals surface area contributed by atoms with Gasteiger partial charge in [0.15, 0.2) is 0 Å². The topological polar surface area (TPSA) is 87.1 Å². The third kappa shape index (κ3) is 4.98. The van der Waals surface area contributed by atoms with E-state index < -0.39 is 27.4 Å². The lowest BCUT2D eigenvalue weighted by molar-refractivity contribution is -0.154. The summed E-state index contributed by atoms with van der Waals surface area (Å²) >= 11 is 1.65. The standard InChI is InChI=1S/C29H38N2O5S/c1-4-16-30(20-21-12-8-6-9-13-21)26(34)24-29-15-14-28(3,37-29)23(27(35)36-19-5-2)22(29)25(33)31(24)17-10-7-11-18-32/h4-6,8-9,12-13,22-24,32H,1-2,7,10-11,14-20H2,3H3/t22-,23-,24?,28+,29?/m0/s1. The van der Waals surface area contributed by atoms with E-state index in [1.54, 1.807) is 27.6 Å². The Morgan fingerprint density at radius 1 is 1.19 bits per heavy atom. The molecule has 0 radical (unpaired) electrons. The highest BCUT2D eigenvalue weighted by molar-refractivity contribution is 8.02. The number of nitrogens with zero attached hydrogens (tertiary/aromatic N) is 2. The van der Waals surface area contributed by atoms with Crippen LogP contribution in [0.25, 0.3) is 0 Å². The van der Waals surface area contributed by atoms with Gasteiger partial charge >= 0.3 is 5.97 Å². The minimum absolute atomic E-state index is 0.0957. The van der Waals surface area contributed by atoms with Gasteiger partial charge in [-0.3, -0.25) is 14.4 Å². The highest BCUT2D eigenvalue weighted by atomic mass is 32.2. The number of likely N-dealkylation sites (tertiary alicyclic amines) is 1. The Bertz CT molecular complexity index is 1030. The summed E-state index contributed by atoms with van der Waals surface area (Å²) in [4.78, 5) is 45.2. The molecule has 1 aromatic carbocycles. The van der Waals surface area contributed by atoms with Gasteiger partial charge in [0, 0.05) is 31.0 Å². The summed E-state index contributed by atoms with van der Waals surface area (Å²) in [5, 5.41) is 9.22. The van der Waals surface area contributed by atoms with Crippen LogP contribution in [0.3, 0.4) is 0 Å². The van der Waals surface area contributed by atoms with E-state index in [-0.39, 0.29) is 31.0 Å². The molecule has 0 saturated carbocycles. The molecule has 2 bridgehead atoms. The van der Waals surface area contributed by atoms with Crippen LogP contribution in [-0.2, 0) is 25.7 Å². The molecule has 3 aliphatic heterocycles. The summed E-state index contributed by atoms with van der Waals surface area (Å²) < 4.78 is 4.35. The maximum Gasteiger partial charge on any atom is 0.311 e. The van der Waals surface area contributed by atoms with Crippen molar-refractivity contribution in [1.29, 1.82) is 0 Å². The first kappa shape index (κ1) is 27.5. The molecule has 0 aromatic heterocycles. The molecule has 1 aromatic rings. The van der Waals surface area contributed by atoms with E-state index in [2.05, 4.69) is 13.2 Å². The summed E-state index contributed by atoms with van der Waals surface area (Å²) in [5.74, 6) is -1.80. The number of hydrogen-bond donors (Lipinski definition) is 1. The van der Waals surface area contributed by atoms with Gasteiger partial charge in [-0.1, -0.05) is 49.1 Å². The molecule has 1 N–H and O–H groups in total. The van der Waals surface area contributed by atoms with Crippen molar-refractivity contribution in [2.75, 3.05) is 26.3 Å². The number of hydrogen-bond acceptors (Lipinski definition) is 6. The molecule has 200 valence electrons. The third-order valence-electron chi connectivity index (χ3n) is 8.04. The fourth-order valence-electron chi connectivity index (χ4n) is 6.47. The largest absolute Gasteiger partial charge is 0.461 e. The molecule has 7 nitrogen and oxygen atoms in total. The van der Waals surface area contributed by atoms with E-state index in [1.807, 2.05) is 37.3 Å². The van der Waals surface area contributed by atoms with Gasteiger partial charge in [-0.25, -0.2) is 0 Å². The Morgan fingerprint density at radius 3 is 2.62 bits per heavy atom. The number of thioether (sulfide) groups is 1. The van der Waals surface area contributed by atoms with Crippen molar-refractivity contribution in [3.05, 3.63) is 61.2 Å². The van der Waals surface area contributed by atoms with Crippen molar-refractivity contribution >= 4 is 29.5 Å². The summed E-state index contributed by atoms with van der Waals surface area (Å²) in [6, 6.07) is 9.14. The Kier molecular flexibility index (Phi) is 8.49. The fraction of sp³-hybridized carbons (Fsp3) is 0.552. The number of esters is 1. The summed E-state index contributed by atoms with van der Waals surface area (Å²) in [7, 11) is 0. The smallest absolute Gasteiger partial charge is 0.311 e. The first-order valence-corrected chi connectivity index (χ1v) is 14.0. The molecule has 3 aliphatic rings. The second-order valence-electron chi connectivity index (χ2n) is 10.5.